The Bertz CT molecular complexity index is 743. The van der Waals surface area contributed by atoms with E-state index in [1.165, 1.54) is 22.9 Å². The highest BCUT2D eigenvalue weighted by atomic mass is 35.5. The van der Waals surface area contributed by atoms with E-state index < -0.39 is 17.5 Å². The summed E-state index contributed by atoms with van der Waals surface area (Å²) in [6.07, 6.45) is 1.37. The van der Waals surface area contributed by atoms with Gasteiger partial charge < -0.3 is 10.3 Å². The maximum atomic E-state index is 13.6. The van der Waals surface area contributed by atoms with Gasteiger partial charge in [0.15, 0.2) is 0 Å². The van der Waals surface area contributed by atoms with Crippen molar-refractivity contribution in [2.45, 2.75) is 6.54 Å². The molecule has 2 aromatic rings. The van der Waals surface area contributed by atoms with Crippen molar-refractivity contribution >= 4 is 17.5 Å². The van der Waals surface area contributed by atoms with Crippen LogP contribution in [0.5, 0.6) is 0 Å². The molecule has 0 radical (unpaired) electrons. The fourth-order valence-electron chi connectivity index (χ4n) is 1.76. The summed E-state index contributed by atoms with van der Waals surface area (Å²) in [7, 11) is 0. The van der Waals surface area contributed by atoms with E-state index in [2.05, 4.69) is 0 Å². The maximum Gasteiger partial charge on any atom is 0.252 e. The van der Waals surface area contributed by atoms with E-state index in [-0.39, 0.29) is 28.2 Å². The van der Waals surface area contributed by atoms with Gasteiger partial charge in [-0.1, -0.05) is 17.7 Å². The lowest BCUT2D eigenvalue weighted by molar-refractivity contribution is 0.0998. The molecule has 1 aromatic heterocycles. The van der Waals surface area contributed by atoms with Crippen LogP contribution in [0.15, 0.2) is 30.5 Å². The summed E-state index contributed by atoms with van der Waals surface area (Å²) in [6, 6.07) is 4.40. The van der Waals surface area contributed by atoms with Crippen LogP contribution in [0.4, 0.5) is 8.78 Å². The molecule has 0 saturated carbocycles. The Labute approximate surface area is 117 Å². The predicted octanol–water partition coefficient (Wildman–Crippen LogP) is 2.05. The first-order valence-electron chi connectivity index (χ1n) is 5.57. The van der Waals surface area contributed by atoms with Gasteiger partial charge >= 0.3 is 0 Å². The lowest BCUT2D eigenvalue weighted by atomic mass is 10.2. The SMILES string of the molecule is N=c1c(C(N)=O)cc(Cl)cn1Cc1ccc(F)cc1F. The van der Waals surface area contributed by atoms with Gasteiger partial charge in [0.25, 0.3) is 5.91 Å². The van der Waals surface area contributed by atoms with Crippen molar-refractivity contribution in [3.8, 4) is 0 Å². The fraction of sp³-hybridized carbons (Fsp3) is 0.0769. The second-order valence-electron chi connectivity index (χ2n) is 4.15. The molecule has 0 aliphatic heterocycles. The molecule has 4 nitrogen and oxygen atoms in total. The van der Waals surface area contributed by atoms with Crippen LogP contribution in [-0.4, -0.2) is 10.5 Å². The number of nitrogens with one attached hydrogen (secondary N) is 1. The molecule has 0 atom stereocenters. The lowest BCUT2D eigenvalue weighted by Gasteiger charge is -2.10. The average molecular weight is 298 g/mol. The quantitative estimate of drug-likeness (QED) is 0.894. The third-order valence-corrected chi connectivity index (χ3v) is 2.93. The molecule has 20 heavy (non-hydrogen) atoms. The number of hydrogen-bond acceptors (Lipinski definition) is 2. The van der Waals surface area contributed by atoms with Gasteiger partial charge in [-0.25, -0.2) is 8.78 Å². The summed E-state index contributed by atoms with van der Waals surface area (Å²) < 4.78 is 27.7. The first-order chi connectivity index (χ1) is 9.38. The van der Waals surface area contributed by atoms with Crippen molar-refractivity contribution in [3.63, 3.8) is 0 Å². The Hall–Kier alpha value is -2.21. The topological polar surface area (TPSA) is 71.9 Å². The number of nitrogens with two attached hydrogens (primary N) is 1. The number of aromatic nitrogens is 1. The zero-order chi connectivity index (χ0) is 14.9. The van der Waals surface area contributed by atoms with E-state index >= 15 is 0 Å². The first-order valence-corrected chi connectivity index (χ1v) is 5.94. The zero-order valence-electron chi connectivity index (χ0n) is 10.2. The van der Waals surface area contributed by atoms with Crippen LogP contribution in [0.25, 0.3) is 0 Å². The molecule has 2 rings (SSSR count). The van der Waals surface area contributed by atoms with E-state index in [1.807, 2.05) is 0 Å². The molecule has 104 valence electrons. The first kappa shape index (κ1) is 14.2. The zero-order valence-corrected chi connectivity index (χ0v) is 10.9. The highest BCUT2D eigenvalue weighted by Gasteiger charge is 2.10. The highest BCUT2D eigenvalue weighted by molar-refractivity contribution is 6.30. The number of rotatable bonds is 3. The molecule has 1 amide bonds. The average Bonchev–Trinajstić information content (AvgIpc) is 2.36. The van der Waals surface area contributed by atoms with E-state index in [0.29, 0.717) is 0 Å². The Balaban J connectivity index is 2.48. The monoisotopic (exact) mass is 297 g/mol. The molecule has 7 heteroatoms. The number of nitrogens with zero attached hydrogens (tertiary/aromatic N) is 1. The second kappa shape index (κ2) is 5.42. The van der Waals surface area contributed by atoms with Crippen LogP contribution in [0.1, 0.15) is 15.9 Å². The second-order valence-corrected chi connectivity index (χ2v) is 4.58. The van der Waals surface area contributed by atoms with Gasteiger partial charge in [-0.15, -0.1) is 0 Å². The summed E-state index contributed by atoms with van der Waals surface area (Å²) in [5, 5.41) is 8.03. The van der Waals surface area contributed by atoms with Crippen molar-refractivity contribution in [2.75, 3.05) is 0 Å². The van der Waals surface area contributed by atoms with Crippen molar-refractivity contribution < 1.29 is 13.6 Å². The summed E-state index contributed by atoms with van der Waals surface area (Å²) in [4.78, 5) is 11.2. The number of hydrogen-bond donors (Lipinski definition) is 2. The number of carbonyl (C=O) groups is 1. The van der Waals surface area contributed by atoms with Crippen LogP contribution >= 0.6 is 11.6 Å². The van der Waals surface area contributed by atoms with Gasteiger partial charge in [0.1, 0.15) is 17.1 Å². The molecule has 1 aromatic carbocycles. The van der Waals surface area contributed by atoms with Gasteiger partial charge in [0.2, 0.25) is 0 Å². The third-order valence-electron chi connectivity index (χ3n) is 2.72. The van der Waals surface area contributed by atoms with Crippen molar-refractivity contribution in [1.82, 2.24) is 4.57 Å². The van der Waals surface area contributed by atoms with E-state index in [9.17, 15) is 13.6 Å². The number of primary amides is 1. The predicted molar refractivity (Wildman–Crippen MR) is 69.3 cm³/mol. The standard InChI is InChI=1S/C13H10ClF2N3O/c14-8-3-10(13(18)20)12(17)19(6-8)5-7-1-2-9(15)4-11(7)16/h1-4,6,17H,5H2,(H2,18,20). The minimum atomic E-state index is -0.800. The van der Waals surface area contributed by atoms with Crippen molar-refractivity contribution in [2.24, 2.45) is 5.73 Å². The number of carbonyl (C=O) groups excluding carboxylic acids is 1. The number of amides is 1. The molecule has 0 saturated heterocycles. The molecule has 1 heterocycles. The maximum absolute atomic E-state index is 13.6. The Kier molecular flexibility index (Phi) is 3.85. The molecule has 0 spiro atoms. The largest absolute Gasteiger partial charge is 0.365 e. The highest BCUT2D eigenvalue weighted by Crippen LogP contribution is 2.13. The van der Waals surface area contributed by atoms with Gasteiger partial charge in [-0.2, -0.15) is 0 Å². The van der Waals surface area contributed by atoms with Crippen LogP contribution < -0.4 is 11.2 Å². The Morgan fingerprint density at radius 2 is 2.05 bits per heavy atom. The minimum Gasteiger partial charge on any atom is -0.365 e. The molecular formula is C13H10ClF2N3O. The molecule has 0 aliphatic rings. The Morgan fingerprint density at radius 3 is 2.65 bits per heavy atom. The third kappa shape index (κ3) is 2.85. The summed E-state index contributed by atoms with van der Waals surface area (Å²) in [5.41, 5.74) is 5.05. The smallest absolute Gasteiger partial charge is 0.252 e. The molecule has 0 aliphatic carbocycles. The van der Waals surface area contributed by atoms with Gasteiger partial charge in [0, 0.05) is 17.8 Å². The lowest BCUT2D eigenvalue weighted by Crippen LogP contribution is -2.30. The fourth-order valence-corrected chi connectivity index (χ4v) is 1.98. The molecular weight excluding hydrogens is 288 g/mol. The van der Waals surface area contributed by atoms with Crippen LogP contribution in [0.3, 0.4) is 0 Å². The molecule has 0 unspecified atom stereocenters. The Morgan fingerprint density at radius 1 is 1.35 bits per heavy atom. The van der Waals surface area contributed by atoms with E-state index in [0.717, 1.165) is 12.1 Å². The van der Waals surface area contributed by atoms with Crippen LogP contribution in [-0.2, 0) is 6.54 Å². The van der Waals surface area contributed by atoms with E-state index in [4.69, 9.17) is 22.7 Å². The van der Waals surface area contributed by atoms with Crippen molar-refractivity contribution in [3.05, 3.63) is 63.7 Å². The summed E-state index contributed by atoms with van der Waals surface area (Å²) in [5.74, 6) is -2.23. The molecule has 0 fully saturated rings. The van der Waals surface area contributed by atoms with Crippen LogP contribution in [0.2, 0.25) is 5.02 Å². The van der Waals surface area contributed by atoms with Gasteiger partial charge in [0.05, 0.1) is 17.1 Å². The molecule has 0 bridgehead atoms. The van der Waals surface area contributed by atoms with Crippen LogP contribution in [0, 0.1) is 17.0 Å². The number of halogens is 3. The van der Waals surface area contributed by atoms with Gasteiger partial charge in [-0.05, 0) is 12.1 Å². The molecule has 3 N–H and O–H groups in total. The normalized spacial score (nSPS) is 10.6. The number of pyridine rings is 1. The number of benzene rings is 1. The summed E-state index contributed by atoms with van der Waals surface area (Å²) >= 11 is 5.83. The van der Waals surface area contributed by atoms with E-state index in [1.54, 1.807) is 0 Å². The van der Waals surface area contributed by atoms with Crippen molar-refractivity contribution in [1.29, 1.82) is 5.41 Å². The summed E-state index contributed by atoms with van der Waals surface area (Å²) in [6.45, 7) is -0.0637. The minimum absolute atomic E-state index is 0.0637. The van der Waals surface area contributed by atoms with Gasteiger partial charge in [-0.3, -0.25) is 10.2 Å².